The minimum absolute atomic E-state index is 0.151. The van der Waals surface area contributed by atoms with Crippen molar-refractivity contribution in [1.29, 1.82) is 0 Å². The van der Waals surface area contributed by atoms with Gasteiger partial charge in [-0.15, -0.1) is 0 Å². The topological polar surface area (TPSA) is 54.1 Å². The molecule has 1 heterocycles. The van der Waals surface area contributed by atoms with Crippen LogP contribution in [0.4, 0.5) is 10.1 Å². The number of rotatable bonds is 4. The summed E-state index contributed by atoms with van der Waals surface area (Å²) in [6.07, 6.45) is 1.61. The minimum Gasteiger partial charge on any atom is -0.492 e. The van der Waals surface area contributed by atoms with Crippen molar-refractivity contribution < 1.29 is 9.13 Å². The molecule has 0 bridgehead atoms. The lowest BCUT2D eigenvalue weighted by Gasteiger charge is -2.11. The van der Waals surface area contributed by atoms with Crippen molar-refractivity contribution in [1.82, 2.24) is 4.98 Å². The molecule has 18 heavy (non-hydrogen) atoms. The SMILES string of the molecule is COc1c(F)cccc1NCc1ccc(=O)[nH]c1. The first-order valence-electron chi connectivity index (χ1n) is 5.44. The van der Waals surface area contributed by atoms with Crippen LogP contribution in [0.3, 0.4) is 0 Å². The molecular formula is C13H13FN2O2. The summed E-state index contributed by atoms with van der Waals surface area (Å²) in [7, 11) is 1.42. The lowest BCUT2D eigenvalue weighted by molar-refractivity contribution is 0.388. The molecule has 2 aromatic rings. The van der Waals surface area contributed by atoms with Gasteiger partial charge in [0.25, 0.3) is 0 Å². The van der Waals surface area contributed by atoms with Crippen molar-refractivity contribution in [2.75, 3.05) is 12.4 Å². The van der Waals surface area contributed by atoms with Gasteiger partial charge >= 0.3 is 0 Å². The van der Waals surface area contributed by atoms with Gasteiger partial charge < -0.3 is 15.0 Å². The van der Waals surface area contributed by atoms with E-state index in [-0.39, 0.29) is 11.3 Å². The third kappa shape index (κ3) is 2.68. The molecule has 0 aliphatic heterocycles. The third-order valence-corrected chi connectivity index (χ3v) is 2.50. The number of aromatic amines is 1. The Kier molecular flexibility index (Phi) is 3.62. The van der Waals surface area contributed by atoms with Crippen molar-refractivity contribution in [2.24, 2.45) is 0 Å². The second kappa shape index (κ2) is 5.35. The van der Waals surface area contributed by atoms with E-state index in [0.717, 1.165) is 5.56 Å². The minimum atomic E-state index is -0.413. The van der Waals surface area contributed by atoms with E-state index in [2.05, 4.69) is 10.3 Å². The van der Waals surface area contributed by atoms with Crippen molar-refractivity contribution in [3.05, 3.63) is 58.3 Å². The van der Waals surface area contributed by atoms with Gasteiger partial charge in [-0.2, -0.15) is 0 Å². The normalized spacial score (nSPS) is 10.1. The molecule has 0 fully saturated rings. The molecule has 0 unspecified atom stereocenters. The maximum Gasteiger partial charge on any atom is 0.247 e. The number of ether oxygens (including phenoxy) is 1. The summed E-state index contributed by atoms with van der Waals surface area (Å²) in [5, 5.41) is 3.05. The number of H-pyrrole nitrogens is 1. The molecule has 1 aromatic heterocycles. The average molecular weight is 248 g/mol. The number of hydrogen-bond donors (Lipinski definition) is 2. The van der Waals surface area contributed by atoms with Crippen molar-refractivity contribution in [2.45, 2.75) is 6.54 Å². The molecule has 0 aliphatic carbocycles. The van der Waals surface area contributed by atoms with Gasteiger partial charge in [0, 0.05) is 18.8 Å². The van der Waals surface area contributed by atoms with Crippen LogP contribution >= 0.6 is 0 Å². The lowest BCUT2D eigenvalue weighted by Crippen LogP contribution is -2.07. The van der Waals surface area contributed by atoms with Crippen LogP contribution in [0.25, 0.3) is 0 Å². The number of hydrogen-bond acceptors (Lipinski definition) is 3. The highest BCUT2D eigenvalue weighted by Gasteiger charge is 2.07. The van der Waals surface area contributed by atoms with Gasteiger partial charge in [-0.05, 0) is 17.7 Å². The highest BCUT2D eigenvalue weighted by molar-refractivity contribution is 5.57. The Hall–Kier alpha value is -2.30. The Morgan fingerprint density at radius 1 is 1.33 bits per heavy atom. The molecule has 2 rings (SSSR count). The molecule has 0 saturated heterocycles. The number of anilines is 1. The average Bonchev–Trinajstić information content (AvgIpc) is 2.38. The summed E-state index contributed by atoms with van der Waals surface area (Å²) in [4.78, 5) is 13.5. The molecule has 0 amide bonds. The summed E-state index contributed by atoms with van der Waals surface area (Å²) in [6, 6.07) is 7.82. The molecule has 5 heteroatoms. The fourth-order valence-electron chi connectivity index (χ4n) is 1.61. The van der Waals surface area contributed by atoms with Gasteiger partial charge in [-0.1, -0.05) is 12.1 Å². The maximum absolute atomic E-state index is 13.4. The zero-order valence-electron chi connectivity index (χ0n) is 9.87. The van der Waals surface area contributed by atoms with E-state index in [1.807, 2.05) is 0 Å². The highest BCUT2D eigenvalue weighted by atomic mass is 19.1. The summed E-state index contributed by atoms with van der Waals surface area (Å²) in [5.74, 6) is -0.231. The Labute approximate surface area is 103 Å². The summed E-state index contributed by atoms with van der Waals surface area (Å²) in [5.41, 5.74) is 1.31. The first-order valence-corrected chi connectivity index (χ1v) is 5.44. The Bertz CT molecular complexity index is 575. The molecule has 0 atom stereocenters. The van der Waals surface area contributed by atoms with Gasteiger partial charge in [-0.25, -0.2) is 4.39 Å². The summed E-state index contributed by atoms with van der Waals surface area (Å²) in [6.45, 7) is 0.469. The highest BCUT2D eigenvalue weighted by Crippen LogP contribution is 2.27. The number of para-hydroxylation sites is 1. The number of nitrogens with one attached hydrogen (secondary N) is 2. The number of benzene rings is 1. The Balaban J connectivity index is 2.13. The maximum atomic E-state index is 13.4. The molecule has 0 spiro atoms. The van der Waals surface area contributed by atoms with Crippen molar-refractivity contribution in [3.63, 3.8) is 0 Å². The summed E-state index contributed by atoms with van der Waals surface area (Å²) < 4.78 is 18.4. The van der Waals surface area contributed by atoms with Gasteiger partial charge in [0.15, 0.2) is 11.6 Å². The fraction of sp³-hybridized carbons (Fsp3) is 0.154. The quantitative estimate of drug-likeness (QED) is 0.871. The van der Waals surface area contributed by atoms with Crippen LogP contribution in [0.2, 0.25) is 0 Å². The fourth-order valence-corrected chi connectivity index (χ4v) is 1.61. The van der Waals surface area contributed by atoms with Crippen LogP contribution in [0.15, 0.2) is 41.3 Å². The van der Waals surface area contributed by atoms with Gasteiger partial charge in [0.2, 0.25) is 5.56 Å². The standard InChI is InChI=1S/C13H13FN2O2/c1-18-13-10(14)3-2-4-11(13)15-7-9-5-6-12(17)16-8-9/h2-6,8,15H,7H2,1H3,(H,16,17). The molecule has 0 radical (unpaired) electrons. The second-order valence-electron chi connectivity index (χ2n) is 3.74. The Morgan fingerprint density at radius 3 is 2.83 bits per heavy atom. The molecular weight excluding hydrogens is 235 g/mol. The molecule has 94 valence electrons. The monoisotopic (exact) mass is 248 g/mol. The molecule has 4 nitrogen and oxygen atoms in total. The first-order chi connectivity index (χ1) is 8.70. The zero-order chi connectivity index (χ0) is 13.0. The largest absolute Gasteiger partial charge is 0.492 e. The number of aromatic nitrogens is 1. The molecule has 0 aliphatic rings. The van der Waals surface area contributed by atoms with Crippen LogP contribution < -0.4 is 15.6 Å². The van der Waals surface area contributed by atoms with E-state index in [0.29, 0.717) is 12.2 Å². The molecule has 2 N–H and O–H groups in total. The predicted octanol–water partition coefficient (Wildman–Crippen LogP) is 2.13. The van der Waals surface area contributed by atoms with E-state index in [4.69, 9.17) is 4.74 Å². The van der Waals surface area contributed by atoms with E-state index in [1.165, 1.54) is 19.2 Å². The van der Waals surface area contributed by atoms with Crippen molar-refractivity contribution >= 4 is 5.69 Å². The van der Waals surface area contributed by atoms with Crippen molar-refractivity contribution in [3.8, 4) is 5.75 Å². The van der Waals surface area contributed by atoms with E-state index < -0.39 is 5.82 Å². The van der Waals surface area contributed by atoms with Crippen LogP contribution in [-0.2, 0) is 6.54 Å². The number of halogens is 1. The second-order valence-corrected chi connectivity index (χ2v) is 3.74. The lowest BCUT2D eigenvalue weighted by atomic mass is 10.2. The van der Waals surface area contributed by atoms with Crippen LogP contribution in [0.1, 0.15) is 5.56 Å². The van der Waals surface area contributed by atoms with Crippen LogP contribution in [0.5, 0.6) is 5.75 Å². The van der Waals surface area contributed by atoms with E-state index >= 15 is 0 Å². The summed E-state index contributed by atoms with van der Waals surface area (Å²) >= 11 is 0. The van der Waals surface area contributed by atoms with E-state index in [9.17, 15) is 9.18 Å². The van der Waals surface area contributed by atoms with Gasteiger partial charge in [0.1, 0.15) is 0 Å². The van der Waals surface area contributed by atoms with Crippen LogP contribution in [0, 0.1) is 5.82 Å². The van der Waals surface area contributed by atoms with Crippen LogP contribution in [-0.4, -0.2) is 12.1 Å². The Morgan fingerprint density at radius 2 is 2.17 bits per heavy atom. The smallest absolute Gasteiger partial charge is 0.247 e. The molecule has 1 aromatic carbocycles. The molecule has 0 saturated carbocycles. The zero-order valence-corrected chi connectivity index (χ0v) is 9.87. The van der Waals surface area contributed by atoms with Gasteiger partial charge in [-0.3, -0.25) is 4.79 Å². The van der Waals surface area contributed by atoms with E-state index in [1.54, 1.807) is 24.4 Å². The first kappa shape index (κ1) is 12.2. The predicted molar refractivity (Wildman–Crippen MR) is 67.3 cm³/mol. The number of pyridine rings is 1. The van der Waals surface area contributed by atoms with Gasteiger partial charge in [0.05, 0.1) is 12.8 Å². The third-order valence-electron chi connectivity index (χ3n) is 2.50. The number of methoxy groups -OCH3 is 1.